The number of rotatable bonds is 26. The average molecular weight is 1210 g/mol. The number of ether oxygens (including phenoxy) is 3. The lowest BCUT2D eigenvalue weighted by Crippen LogP contribution is -3.01. The molecule has 415 valence electrons. The SMILES string of the molecule is [CH2]CC[Si](C1([Si](O[Si](C)(C)C)(O[Si](C)(C)C)O[Si](C)(C)C)CCCCO1)(C1([Si](O[Si](C)(C)C)(O[Si](C)(C)C)O[Si](C)(C)C)CCCCO1)C1([Si](O[Si](C)(C)C)(O[Si](C)(C)C)O[Si](C)(C)C)CCCCO1. The summed E-state index contributed by atoms with van der Waals surface area (Å²) in [6.07, 6.45) is 7.79. The van der Waals surface area contributed by atoms with Crippen molar-refractivity contribution in [1.82, 2.24) is 0 Å². The summed E-state index contributed by atoms with van der Waals surface area (Å²) < 4.78 is 99.9. The molecule has 0 bridgehead atoms. The molecule has 3 aliphatic rings. The first-order valence-electron chi connectivity index (χ1n) is 27.1. The molecule has 0 N–H and O–H groups in total. The molecule has 0 saturated carbocycles. The standard InChI is InChI=1S/C45H111O12Si13/c1-29-42-67(43(36-30-33-39-46-43)68(49-58(2,3)4,50-59(5,6)7)51-60(8,9)10,44(37-31-34-40-47-44)69(52-61(11,12)13,53-62(14,15)16)54-63(17,18)19)45(38-32-35-41-48-45)70(55-64(20,21)22,56-65(23,24)25)57-66(26,27)28/h1,29-42H2,2-28H3. The highest BCUT2D eigenvalue weighted by Crippen LogP contribution is 2.65. The lowest BCUT2D eigenvalue weighted by atomic mass is 10.2. The first-order valence-corrected chi connectivity index (χ1v) is 65.1. The predicted octanol–water partition coefficient (Wildman–Crippen LogP) is 14.2. The van der Waals surface area contributed by atoms with Gasteiger partial charge in [-0.1, -0.05) is 13.3 Å². The van der Waals surface area contributed by atoms with Gasteiger partial charge in [0.25, 0.3) is 0 Å². The van der Waals surface area contributed by atoms with Crippen molar-refractivity contribution in [1.29, 1.82) is 0 Å². The maximum atomic E-state index is 8.42. The molecular formula is C45H111O12Si13. The molecule has 3 heterocycles. The molecule has 0 aliphatic carbocycles. The Labute approximate surface area is 445 Å². The molecule has 0 aromatic rings. The Balaban J connectivity index is 3.31. The molecule has 0 amide bonds. The molecule has 3 rings (SSSR count). The Morgan fingerprint density at radius 2 is 0.471 bits per heavy atom. The van der Waals surface area contributed by atoms with E-state index < -0.39 is 124 Å². The highest BCUT2D eigenvalue weighted by atomic mass is 28.6. The van der Waals surface area contributed by atoms with Crippen LogP contribution in [0.25, 0.3) is 0 Å². The van der Waals surface area contributed by atoms with Crippen LogP contribution in [0.3, 0.4) is 0 Å². The molecular weight excluding hydrogens is 1100 g/mol. The summed E-state index contributed by atoms with van der Waals surface area (Å²) in [5.74, 6) is 0. The van der Waals surface area contributed by atoms with Crippen LogP contribution in [0.15, 0.2) is 0 Å². The van der Waals surface area contributed by atoms with Crippen LogP contribution in [0.4, 0.5) is 0 Å². The molecule has 3 aliphatic heterocycles. The van der Waals surface area contributed by atoms with E-state index in [1.807, 2.05) is 0 Å². The van der Waals surface area contributed by atoms with E-state index in [1.54, 1.807) is 0 Å². The van der Waals surface area contributed by atoms with Gasteiger partial charge in [0.1, 0.15) is 14.5 Å². The summed E-state index contributed by atoms with van der Waals surface area (Å²) in [6, 6.07) is 0.600. The highest BCUT2D eigenvalue weighted by Gasteiger charge is 2.94. The van der Waals surface area contributed by atoms with E-state index >= 15 is 0 Å². The van der Waals surface area contributed by atoms with Crippen LogP contribution in [0, 0.1) is 6.92 Å². The van der Waals surface area contributed by atoms with Gasteiger partial charge >= 0.3 is 26.4 Å². The van der Waals surface area contributed by atoms with Crippen molar-refractivity contribution in [3.05, 3.63) is 6.92 Å². The molecule has 0 spiro atoms. The molecule has 12 nitrogen and oxygen atoms in total. The van der Waals surface area contributed by atoms with Crippen LogP contribution in [0.1, 0.15) is 64.2 Å². The first kappa shape index (κ1) is 66.6. The van der Waals surface area contributed by atoms with Gasteiger partial charge in [-0.25, -0.2) is 0 Å². The van der Waals surface area contributed by atoms with Gasteiger partial charge in [-0.15, -0.1) is 0 Å². The smallest absolute Gasteiger partial charge is 0.415 e. The normalized spacial score (nSPS) is 26.1. The highest BCUT2D eigenvalue weighted by molar-refractivity contribution is 7.15. The largest absolute Gasteiger partial charge is 0.500 e. The van der Waals surface area contributed by atoms with Gasteiger partial charge in [0.2, 0.25) is 0 Å². The zero-order valence-electron chi connectivity index (χ0n) is 50.5. The van der Waals surface area contributed by atoms with Crippen LogP contribution in [0.2, 0.25) is 183 Å². The topological polar surface area (TPSA) is 111 Å². The lowest BCUT2D eigenvalue weighted by Gasteiger charge is -2.73. The van der Waals surface area contributed by atoms with E-state index in [-0.39, 0.29) is 0 Å². The third-order valence-corrected chi connectivity index (χ3v) is 60.8. The second-order valence-corrected chi connectivity index (χ2v) is 86.9. The lowest BCUT2D eigenvalue weighted by molar-refractivity contribution is -0.0860. The number of hydrogen-bond acceptors (Lipinski definition) is 12. The first-order chi connectivity index (χ1) is 31.0. The van der Waals surface area contributed by atoms with E-state index in [0.29, 0.717) is 51.5 Å². The van der Waals surface area contributed by atoms with Crippen molar-refractivity contribution >= 4 is 109 Å². The Kier molecular flexibility index (Phi) is 21.7. The maximum absolute atomic E-state index is 8.42. The van der Waals surface area contributed by atoms with Crippen molar-refractivity contribution in [2.45, 2.75) is 262 Å². The monoisotopic (exact) mass is 1210 g/mol. The minimum absolute atomic E-state index is 0.506. The van der Waals surface area contributed by atoms with Gasteiger partial charge in [-0.05, 0) is 241 Å². The van der Waals surface area contributed by atoms with E-state index in [0.717, 1.165) is 38.5 Å². The van der Waals surface area contributed by atoms with Gasteiger partial charge in [-0.3, -0.25) is 0 Å². The Hall–Kier alpha value is 2.34. The molecule has 0 aromatic carbocycles. The van der Waals surface area contributed by atoms with Crippen molar-refractivity contribution in [3.63, 3.8) is 0 Å². The van der Waals surface area contributed by atoms with Crippen molar-refractivity contribution < 1.29 is 51.2 Å². The second kappa shape index (κ2) is 22.8. The Morgan fingerprint density at radius 3 is 0.586 bits per heavy atom. The quantitative estimate of drug-likeness (QED) is 0.0769. The molecule has 25 heteroatoms. The van der Waals surface area contributed by atoms with Crippen LogP contribution in [-0.4, -0.2) is 144 Å². The minimum atomic E-state index is -4.32. The van der Waals surface area contributed by atoms with Crippen molar-refractivity contribution in [3.8, 4) is 0 Å². The molecule has 3 saturated heterocycles. The van der Waals surface area contributed by atoms with Crippen LogP contribution in [0.5, 0.6) is 0 Å². The third kappa shape index (κ3) is 16.2. The van der Waals surface area contributed by atoms with Crippen molar-refractivity contribution in [2.75, 3.05) is 19.8 Å². The van der Waals surface area contributed by atoms with Gasteiger partial charge in [0, 0.05) is 19.8 Å². The van der Waals surface area contributed by atoms with Crippen molar-refractivity contribution in [2.24, 2.45) is 0 Å². The Bertz CT molecular complexity index is 1350. The van der Waals surface area contributed by atoms with E-state index in [1.165, 1.54) is 0 Å². The van der Waals surface area contributed by atoms with Gasteiger partial charge in [-0.2, -0.15) is 0 Å². The molecule has 3 atom stereocenters. The fourth-order valence-electron chi connectivity index (χ4n) is 11.3. The zero-order valence-corrected chi connectivity index (χ0v) is 63.5. The summed E-state index contributed by atoms with van der Waals surface area (Å²) in [6.45, 7) is 68.8. The average Bonchev–Trinajstić information content (AvgIpc) is 3.08. The fourth-order valence-corrected chi connectivity index (χ4v) is 76.3. The van der Waals surface area contributed by atoms with Crippen LogP contribution < -0.4 is 0 Å². The maximum Gasteiger partial charge on any atom is 0.500 e. The molecule has 70 heavy (non-hydrogen) atoms. The van der Waals surface area contributed by atoms with E-state index in [4.69, 9.17) is 58.2 Å². The summed E-state index contributed by atoms with van der Waals surface area (Å²) in [4.78, 5) is -3.65. The van der Waals surface area contributed by atoms with Crippen LogP contribution in [-0.2, 0) is 51.2 Å². The third-order valence-electron chi connectivity index (χ3n) is 11.9. The predicted molar refractivity (Wildman–Crippen MR) is 325 cm³/mol. The zero-order chi connectivity index (χ0) is 54.4. The van der Waals surface area contributed by atoms with E-state index in [9.17, 15) is 0 Å². The fraction of sp³-hybridized carbons (Fsp3) is 0.978. The molecule has 3 unspecified atom stereocenters. The molecule has 1 radical (unpaired) electrons. The minimum Gasteiger partial charge on any atom is -0.415 e. The van der Waals surface area contributed by atoms with Gasteiger partial charge in [0.15, 0.2) is 82.9 Å². The summed E-state index contributed by atoms with van der Waals surface area (Å²) >= 11 is 0. The number of hydrogen-bond donors (Lipinski definition) is 0. The van der Waals surface area contributed by atoms with Gasteiger partial charge in [0.05, 0.1) is 0 Å². The molecule has 0 aromatic heterocycles. The van der Waals surface area contributed by atoms with Gasteiger partial charge < -0.3 is 51.2 Å². The summed E-state index contributed by atoms with van der Waals surface area (Å²) in [7, 11) is -40.7. The molecule has 3 fully saturated rings. The van der Waals surface area contributed by atoms with E-state index in [2.05, 4.69) is 177 Å². The summed E-state index contributed by atoms with van der Waals surface area (Å²) in [5.41, 5.74) is 0. The second-order valence-electron chi connectivity index (χ2n) is 29.5. The van der Waals surface area contributed by atoms with Crippen LogP contribution >= 0.6 is 0 Å². The Morgan fingerprint density at radius 1 is 0.300 bits per heavy atom. The summed E-state index contributed by atoms with van der Waals surface area (Å²) in [5, 5.41) is 0.